The Kier molecular flexibility index (Phi) is 7.83. The Bertz CT molecular complexity index is 752. The van der Waals surface area contributed by atoms with Gasteiger partial charge >= 0.3 is 29.0 Å². The SMILES string of the molecule is C=CC(=O)OCCCn1c(=O)[nH]c(=O)n(CCCOC(=O)C=C)c1=O. The van der Waals surface area contributed by atoms with Crippen molar-refractivity contribution in [2.24, 2.45) is 0 Å². The zero-order valence-corrected chi connectivity index (χ0v) is 13.6. The second-order valence-electron chi connectivity index (χ2n) is 4.77. The van der Waals surface area contributed by atoms with Crippen LogP contribution in [0.4, 0.5) is 0 Å². The Labute approximate surface area is 142 Å². The number of nitrogens with one attached hydrogen (secondary N) is 1. The van der Waals surface area contributed by atoms with Gasteiger partial charge in [0, 0.05) is 25.2 Å². The summed E-state index contributed by atoms with van der Waals surface area (Å²) in [6.07, 6.45) is 2.41. The average molecular weight is 353 g/mol. The van der Waals surface area contributed by atoms with Crippen LogP contribution in [0.15, 0.2) is 39.7 Å². The number of H-pyrrole nitrogens is 1. The van der Waals surface area contributed by atoms with Gasteiger partial charge in [-0.3, -0.25) is 4.98 Å². The molecule has 1 rings (SSSR count). The molecular formula is C15H19N3O7. The summed E-state index contributed by atoms with van der Waals surface area (Å²) >= 11 is 0. The first kappa shape index (κ1) is 19.9. The third-order valence-corrected chi connectivity index (χ3v) is 3.04. The highest BCUT2D eigenvalue weighted by atomic mass is 16.5. The van der Waals surface area contributed by atoms with Crippen LogP contribution >= 0.6 is 0 Å². The number of hydrogen-bond acceptors (Lipinski definition) is 7. The molecule has 25 heavy (non-hydrogen) atoms. The van der Waals surface area contributed by atoms with Crippen molar-refractivity contribution in [3.63, 3.8) is 0 Å². The average Bonchev–Trinajstić information content (AvgIpc) is 2.59. The molecule has 0 saturated heterocycles. The smallest absolute Gasteiger partial charge is 0.336 e. The molecule has 0 amide bonds. The third kappa shape index (κ3) is 6.09. The van der Waals surface area contributed by atoms with Gasteiger partial charge in [-0.25, -0.2) is 33.1 Å². The minimum absolute atomic E-state index is 0.00658. The van der Waals surface area contributed by atoms with Crippen LogP contribution < -0.4 is 17.1 Å². The van der Waals surface area contributed by atoms with E-state index in [9.17, 15) is 24.0 Å². The van der Waals surface area contributed by atoms with Crippen LogP contribution in [0.3, 0.4) is 0 Å². The second kappa shape index (κ2) is 9.85. The molecule has 1 heterocycles. The zero-order valence-electron chi connectivity index (χ0n) is 13.6. The number of carbonyl (C=O) groups is 2. The molecule has 0 aliphatic carbocycles. The summed E-state index contributed by atoms with van der Waals surface area (Å²) < 4.78 is 11.2. The molecule has 10 heteroatoms. The van der Waals surface area contributed by atoms with Crippen LogP contribution in [0.25, 0.3) is 0 Å². The number of aromatic nitrogens is 3. The molecular weight excluding hydrogens is 334 g/mol. The Morgan fingerprint density at radius 1 is 0.880 bits per heavy atom. The largest absolute Gasteiger partial charge is 0.462 e. The van der Waals surface area contributed by atoms with Gasteiger partial charge in [-0.1, -0.05) is 13.2 Å². The molecule has 0 bridgehead atoms. The lowest BCUT2D eigenvalue weighted by molar-refractivity contribution is -0.138. The van der Waals surface area contributed by atoms with E-state index in [4.69, 9.17) is 9.47 Å². The number of aromatic amines is 1. The van der Waals surface area contributed by atoms with Crippen LogP contribution in [-0.2, 0) is 32.2 Å². The lowest BCUT2D eigenvalue weighted by Gasteiger charge is -2.09. The summed E-state index contributed by atoms with van der Waals surface area (Å²) in [6, 6.07) is 0. The molecule has 0 aliphatic heterocycles. The van der Waals surface area contributed by atoms with Crippen LogP contribution in [0.1, 0.15) is 12.8 Å². The monoisotopic (exact) mass is 353 g/mol. The van der Waals surface area contributed by atoms with E-state index in [2.05, 4.69) is 13.2 Å². The first-order valence-electron chi connectivity index (χ1n) is 7.43. The highest BCUT2D eigenvalue weighted by molar-refractivity contribution is 5.81. The second-order valence-corrected chi connectivity index (χ2v) is 4.77. The highest BCUT2D eigenvalue weighted by Gasteiger charge is 2.10. The molecule has 0 saturated carbocycles. The van der Waals surface area contributed by atoms with Gasteiger partial charge in [-0.05, 0) is 12.8 Å². The topological polar surface area (TPSA) is 129 Å². The first-order valence-corrected chi connectivity index (χ1v) is 7.43. The molecule has 10 nitrogen and oxygen atoms in total. The standard InChI is InChI=1S/C15H19N3O7/c1-3-11(19)24-9-5-7-17-13(21)16-14(22)18(15(17)23)8-6-10-25-12(20)4-2/h3-4H,1-2,5-10H2,(H,16,21,22). The van der Waals surface area contributed by atoms with Crippen molar-refractivity contribution in [2.45, 2.75) is 25.9 Å². The number of esters is 2. The number of ether oxygens (including phenoxy) is 2. The maximum atomic E-state index is 12.2. The molecule has 1 aromatic heterocycles. The van der Waals surface area contributed by atoms with Gasteiger partial charge in [0.15, 0.2) is 0 Å². The highest BCUT2D eigenvalue weighted by Crippen LogP contribution is 1.89. The quantitative estimate of drug-likeness (QED) is 0.322. The van der Waals surface area contributed by atoms with Crippen molar-refractivity contribution >= 4 is 11.9 Å². The molecule has 1 aromatic rings. The number of rotatable bonds is 10. The third-order valence-electron chi connectivity index (χ3n) is 3.04. The van der Waals surface area contributed by atoms with Crippen molar-refractivity contribution in [2.75, 3.05) is 13.2 Å². The predicted octanol–water partition coefficient (Wildman–Crippen LogP) is -1.06. The fraction of sp³-hybridized carbons (Fsp3) is 0.400. The fourth-order valence-electron chi connectivity index (χ4n) is 1.85. The van der Waals surface area contributed by atoms with Crippen molar-refractivity contribution in [1.82, 2.24) is 14.1 Å². The predicted molar refractivity (Wildman–Crippen MR) is 87.1 cm³/mol. The maximum absolute atomic E-state index is 12.2. The van der Waals surface area contributed by atoms with Crippen molar-refractivity contribution in [3.8, 4) is 0 Å². The van der Waals surface area contributed by atoms with Gasteiger partial charge in [-0.15, -0.1) is 0 Å². The minimum Gasteiger partial charge on any atom is -0.462 e. The van der Waals surface area contributed by atoms with Gasteiger partial charge in [0.25, 0.3) is 0 Å². The maximum Gasteiger partial charge on any atom is 0.336 e. The van der Waals surface area contributed by atoms with Crippen LogP contribution in [0.5, 0.6) is 0 Å². The van der Waals surface area contributed by atoms with E-state index in [1.54, 1.807) is 0 Å². The van der Waals surface area contributed by atoms with E-state index in [-0.39, 0.29) is 39.1 Å². The van der Waals surface area contributed by atoms with Gasteiger partial charge in [0.05, 0.1) is 13.2 Å². The molecule has 0 aliphatic rings. The molecule has 136 valence electrons. The summed E-state index contributed by atoms with van der Waals surface area (Å²) in [7, 11) is 0. The minimum atomic E-state index is -0.848. The van der Waals surface area contributed by atoms with E-state index in [0.717, 1.165) is 21.3 Å². The van der Waals surface area contributed by atoms with Crippen molar-refractivity contribution in [3.05, 3.63) is 56.8 Å². The van der Waals surface area contributed by atoms with E-state index < -0.39 is 29.0 Å². The zero-order chi connectivity index (χ0) is 18.8. The Balaban J connectivity index is 2.75. The molecule has 1 N–H and O–H groups in total. The lowest BCUT2D eigenvalue weighted by atomic mass is 10.4. The summed E-state index contributed by atoms with van der Waals surface area (Å²) in [6.45, 7) is 6.39. The summed E-state index contributed by atoms with van der Waals surface area (Å²) in [5.74, 6) is -1.22. The van der Waals surface area contributed by atoms with Crippen molar-refractivity contribution in [1.29, 1.82) is 0 Å². The van der Waals surface area contributed by atoms with E-state index in [0.29, 0.717) is 0 Å². The Morgan fingerprint density at radius 2 is 1.28 bits per heavy atom. The number of hydrogen-bond donors (Lipinski definition) is 1. The number of carbonyl (C=O) groups excluding carboxylic acids is 2. The van der Waals surface area contributed by atoms with Gasteiger partial charge in [-0.2, -0.15) is 0 Å². The van der Waals surface area contributed by atoms with Crippen LogP contribution in [0, 0.1) is 0 Å². The summed E-state index contributed by atoms with van der Waals surface area (Å²) in [4.78, 5) is 59.6. The van der Waals surface area contributed by atoms with Crippen LogP contribution in [-0.4, -0.2) is 39.3 Å². The van der Waals surface area contributed by atoms with Gasteiger partial charge in [0.1, 0.15) is 0 Å². The molecule has 0 radical (unpaired) electrons. The molecule has 0 atom stereocenters. The summed E-state index contributed by atoms with van der Waals surface area (Å²) in [5.41, 5.74) is -2.49. The van der Waals surface area contributed by atoms with E-state index in [1.807, 2.05) is 4.98 Å². The molecule has 0 fully saturated rings. The van der Waals surface area contributed by atoms with Gasteiger partial charge in [0.2, 0.25) is 0 Å². The normalized spacial score (nSPS) is 10.1. The Hall–Kier alpha value is -3.17. The molecule has 0 aromatic carbocycles. The Morgan fingerprint density at radius 3 is 1.64 bits per heavy atom. The fourth-order valence-corrected chi connectivity index (χ4v) is 1.85. The number of nitrogens with zero attached hydrogens (tertiary/aromatic N) is 2. The van der Waals surface area contributed by atoms with Crippen molar-refractivity contribution < 1.29 is 19.1 Å². The van der Waals surface area contributed by atoms with Crippen LogP contribution in [0.2, 0.25) is 0 Å². The molecule has 0 spiro atoms. The summed E-state index contributed by atoms with van der Waals surface area (Å²) in [5, 5.41) is 0. The first-order chi connectivity index (χ1) is 11.9. The van der Waals surface area contributed by atoms with E-state index >= 15 is 0 Å². The van der Waals surface area contributed by atoms with Gasteiger partial charge < -0.3 is 9.47 Å². The molecule has 0 unspecified atom stereocenters. The lowest BCUT2D eigenvalue weighted by Crippen LogP contribution is -2.49. The van der Waals surface area contributed by atoms with E-state index in [1.165, 1.54) is 0 Å².